The number of carbonyl (C=O) groups excluding carboxylic acids is 2. The van der Waals surface area contributed by atoms with Gasteiger partial charge in [0.05, 0.1) is 6.04 Å². The Kier molecular flexibility index (Phi) is 5.51. The smallest absolute Gasteiger partial charge is 0.287 e. The van der Waals surface area contributed by atoms with Crippen LogP contribution in [0.3, 0.4) is 0 Å². The van der Waals surface area contributed by atoms with E-state index in [0.29, 0.717) is 17.0 Å². The van der Waals surface area contributed by atoms with Crippen LogP contribution in [0.5, 0.6) is 0 Å². The molecular formula is C21H21ClN2O3. The molecule has 3 aromatic rings. The fourth-order valence-corrected chi connectivity index (χ4v) is 3.03. The molecule has 1 heterocycles. The number of carbonyl (C=O) groups is 2. The van der Waals surface area contributed by atoms with Gasteiger partial charge in [0.1, 0.15) is 5.58 Å². The van der Waals surface area contributed by atoms with Crippen molar-refractivity contribution in [1.82, 2.24) is 5.32 Å². The van der Waals surface area contributed by atoms with Crippen molar-refractivity contribution in [2.24, 2.45) is 0 Å². The van der Waals surface area contributed by atoms with E-state index in [0.717, 1.165) is 22.2 Å². The van der Waals surface area contributed by atoms with Crippen LogP contribution >= 0.6 is 11.6 Å². The lowest BCUT2D eigenvalue weighted by Crippen LogP contribution is -2.26. The Bertz CT molecular complexity index is 993. The third-order valence-electron chi connectivity index (χ3n) is 4.47. The maximum Gasteiger partial charge on any atom is 0.287 e. The van der Waals surface area contributed by atoms with Crippen molar-refractivity contribution in [3.63, 3.8) is 0 Å². The number of rotatable bonds is 5. The lowest BCUT2D eigenvalue weighted by molar-refractivity contribution is -0.115. The summed E-state index contributed by atoms with van der Waals surface area (Å²) in [6.45, 7) is 5.54. The Morgan fingerprint density at radius 1 is 1.15 bits per heavy atom. The number of hydrogen-bond acceptors (Lipinski definition) is 3. The summed E-state index contributed by atoms with van der Waals surface area (Å²) in [5, 5.41) is 7.18. The molecule has 3 rings (SSSR count). The highest BCUT2D eigenvalue weighted by Gasteiger charge is 2.20. The average molecular weight is 385 g/mol. The number of amides is 2. The minimum Gasteiger partial charge on any atom is -0.451 e. The molecule has 0 fully saturated rings. The van der Waals surface area contributed by atoms with Crippen LogP contribution in [0.2, 0.25) is 5.02 Å². The zero-order chi connectivity index (χ0) is 19.6. The van der Waals surface area contributed by atoms with E-state index in [2.05, 4.69) is 10.6 Å². The number of anilines is 1. The summed E-state index contributed by atoms with van der Waals surface area (Å²) in [5.41, 5.74) is 3.05. The second-order valence-electron chi connectivity index (χ2n) is 6.42. The molecule has 0 saturated heterocycles. The van der Waals surface area contributed by atoms with E-state index < -0.39 is 0 Å². The third kappa shape index (κ3) is 4.14. The van der Waals surface area contributed by atoms with Crippen molar-refractivity contribution in [3.05, 3.63) is 64.4 Å². The van der Waals surface area contributed by atoms with E-state index >= 15 is 0 Å². The molecule has 0 bridgehead atoms. The van der Waals surface area contributed by atoms with E-state index in [4.69, 9.17) is 16.0 Å². The molecule has 2 amide bonds. The lowest BCUT2D eigenvalue weighted by atomic mass is 10.1. The Balaban J connectivity index is 1.74. The molecule has 0 aliphatic heterocycles. The zero-order valence-electron chi connectivity index (χ0n) is 15.4. The summed E-state index contributed by atoms with van der Waals surface area (Å²) < 4.78 is 5.71. The molecule has 5 nitrogen and oxygen atoms in total. The van der Waals surface area contributed by atoms with Crippen LogP contribution in [0.15, 0.2) is 46.9 Å². The van der Waals surface area contributed by atoms with E-state index in [1.54, 1.807) is 25.1 Å². The number of furan rings is 1. The molecule has 0 radical (unpaired) electrons. The summed E-state index contributed by atoms with van der Waals surface area (Å²) in [4.78, 5) is 24.1. The van der Waals surface area contributed by atoms with Crippen LogP contribution in [-0.2, 0) is 4.79 Å². The molecular weight excluding hydrogens is 364 g/mol. The van der Waals surface area contributed by atoms with Crippen molar-refractivity contribution < 1.29 is 14.0 Å². The van der Waals surface area contributed by atoms with Gasteiger partial charge in [0.15, 0.2) is 5.76 Å². The van der Waals surface area contributed by atoms with Crippen LogP contribution in [0.4, 0.5) is 5.69 Å². The van der Waals surface area contributed by atoms with Gasteiger partial charge in [-0.15, -0.1) is 0 Å². The summed E-state index contributed by atoms with van der Waals surface area (Å²) >= 11 is 6.03. The van der Waals surface area contributed by atoms with Gasteiger partial charge in [-0.2, -0.15) is 0 Å². The van der Waals surface area contributed by atoms with Gasteiger partial charge in [0.25, 0.3) is 5.91 Å². The van der Waals surface area contributed by atoms with Crippen molar-refractivity contribution in [2.45, 2.75) is 33.2 Å². The molecule has 2 N–H and O–H groups in total. The highest BCUT2D eigenvalue weighted by atomic mass is 35.5. The lowest BCUT2D eigenvalue weighted by Gasteiger charge is -2.14. The van der Waals surface area contributed by atoms with Crippen LogP contribution in [0.25, 0.3) is 11.0 Å². The maximum absolute atomic E-state index is 12.7. The normalized spacial score (nSPS) is 12.0. The molecule has 0 saturated carbocycles. The van der Waals surface area contributed by atoms with Crippen molar-refractivity contribution in [3.8, 4) is 0 Å². The molecule has 0 aliphatic rings. The van der Waals surface area contributed by atoms with Crippen LogP contribution < -0.4 is 10.6 Å². The first-order valence-electron chi connectivity index (χ1n) is 8.78. The van der Waals surface area contributed by atoms with Gasteiger partial charge >= 0.3 is 0 Å². The number of fused-ring (bicyclic) bond motifs is 1. The van der Waals surface area contributed by atoms with Gasteiger partial charge in [0.2, 0.25) is 5.91 Å². The Hall–Kier alpha value is -2.79. The topological polar surface area (TPSA) is 71.3 Å². The summed E-state index contributed by atoms with van der Waals surface area (Å²) in [7, 11) is 0. The molecule has 1 unspecified atom stereocenters. The fourth-order valence-electron chi connectivity index (χ4n) is 2.86. The predicted molar refractivity (Wildman–Crippen MR) is 107 cm³/mol. The number of nitrogens with one attached hydrogen (secondary N) is 2. The van der Waals surface area contributed by atoms with Crippen LogP contribution in [0.1, 0.15) is 48.0 Å². The van der Waals surface area contributed by atoms with E-state index in [1.807, 2.05) is 38.1 Å². The molecule has 27 heavy (non-hydrogen) atoms. The highest BCUT2D eigenvalue weighted by molar-refractivity contribution is 6.31. The predicted octanol–water partition coefficient (Wildman–Crippen LogP) is 5.23. The van der Waals surface area contributed by atoms with Gasteiger partial charge in [-0.25, -0.2) is 0 Å². The average Bonchev–Trinajstić information content (AvgIpc) is 2.98. The highest BCUT2D eigenvalue weighted by Crippen LogP contribution is 2.28. The first-order valence-corrected chi connectivity index (χ1v) is 9.16. The summed E-state index contributed by atoms with van der Waals surface area (Å²) in [5.74, 6) is -0.0359. The zero-order valence-corrected chi connectivity index (χ0v) is 16.2. The molecule has 6 heteroatoms. The van der Waals surface area contributed by atoms with E-state index in [9.17, 15) is 9.59 Å². The summed E-state index contributed by atoms with van der Waals surface area (Å²) in [6.07, 6.45) is 0.427. The number of hydrogen-bond donors (Lipinski definition) is 2. The first-order chi connectivity index (χ1) is 12.9. The number of halogens is 1. The summed E-state index contributed by atoms with van der Waals surface area (Å²) in [6, 6.07) is 12.5. The van der Waals surface area contributed by atoms with E-state index in [1.165, 1.54) is 0 Å². The fraction of sp³-hybridized carbons (Fsp3) is 0.238. The van der Waals surface area contributed by atoms with Gasteiger partial charge in [0, 0.05) is 28.1 Å². The van der Waals surface area contributed by atoms with E-state index in [-0.39, 0.29) is 23.6 Å². The first kappa shape index (κ1) is 19.0. The minimum atomic E-state index is -0.282. The number of aryl methyl sites for hydroxylation is 1. The van der Waals surface area contributed by atoms with Crippen molar-refractivity contribution in [1.29, 1.82) is 0 Å². The van der Waals surface area contributed by atoms with Gasteiger partial charge < -0.3 is 15.1 Å². The Labute approximate surface area is 162 Å². The Morgan fingerprint density at radius 3 is 2.52 bits per heavy atom. The van der Waals surface area contributed by atoms with Crippen molar-refractivity contribution >= 4 is 40.1 Å². The molecule has 0 aliphatic carbocycles. The molecule has 2 aromatic carbocycles. The third-order valence-corrected chi connectivity index (χ3v) is 4.70. The maximum atomic E-state index is 12.7. The van der Waals surface area contributed by atoms with Gasteiger partial charge in [-0.3, -0.25) is 9.59 Å². The monoisotopic (exact) mass is 384 g/mol. The largest absolute Gasteiger partial charge is 0.451 e. The molecule has 1 atom stereocenters. The second-order valence-corrected chi connectivity index (χ2v) is 6.85. The van der Waals surface area contributed by atoms with Crippen molar-refractivity contribution in [2.75, 3.05) is 5.32 Å². The SMILES string of the molecule is CCC(=O)Nc1ccc(C(C)NC(=O)c2oc3ccc(Cl)cc3c2C)cc1. The van der Waals surface area contributed by atoms with Crippen LogP contribution in [0, 0.1) is 6.92 Å². The Morgan fingerprint density at radius 2 is 1.85 bits per heavy atom. The molecule has 0 spiro atoms. The molecule has 140 valence electrons. The quantitative estimate of drug-likeness (QED) is 0.632. The standard InChI is InChI=1S/C21H21ClN2O3/c1-4-19(25)24-16-8-5-14(6-9-16)13(3)23-21(26)20-12(2)17-11-15(22)7-10-18(17)27-20/h5-11,13H,4H2,1-3H3,(H,23,26)(H,24,25). The molecule has 1 aromatic heterocycles. The minimum absolute atomic E-state index is 0.0374. The number of benzene rings is 2. The van der Waals surface area contributed by atoms with Gasteiger partial charge in [-0.05, 0) is 49.7 Å². The second kappa shape index (κ2) is 7.84. The van der Waals surface area contributed by atoms with Gasteiger partial charge in [-0.1, -0.05) is 30.7 Å². The van der Waals surface area contributed by atoms with Crippen LogP contribution in [-0.4, -0.2) is 11.8 Å².